The van der Waals surface area contributed by atoms with E-state index in [1.807, 2.05) is 52.7 Å². The molecule has 2 aromatic heterocycles. The van der Waals surface area contributed by atoms with E-state index in [1.54, 1.807) is 11.0 Å². The monoisotopic (exact) mass is 794 g/mol. The number of fused-ring (bicyclic) bond motifs is 5. The van der Waals surface area contributed by atoms with Gasteiger partial charge in [0.15, 0.2) is 11.5 Å². The Morgan fingerprint density at radius 1 is 1.04 bits per heavy atom. The van der Waals surface area contributed by atoms with Crippen LogP contribution in [-0.4, -0.2) is 87.0 Å². The Bertz CT molecular complexity index is 2240. The quantitative estimate of drug-likeness (QED) is 0.163. The maximum atomic E-state index is 13.9. The van der Waals surface area contributed by atoms with Gasteiger partial charge in [-0.25, -0.2) is 4.98 Å². The predicted molar refractivity (Wildman–Crippen MR) is 216 cm³/mol. The van der Waals surface area contributed by atoms with Crippen molar-refractivity contribution in [2.45, 2.75) is 83.3 Å². The minimum absolute atomic E-state index is 0.0342. The van der Waals surface area contributed by atoms with Crippen LogP contribution >= 0.6 is 11.6 Å². The third-order valence-electron chi connectivity index (χ3n) is 13.7. The molecule has 3 aliphatic heterocycles. The summed E-state index contributed by atoms with van der Waals surface area (Å²) < 4.78 is 9.00. The van der Waals surface area contributed by atoms with Gasteiger partial charge in [0.25, 0.3) is 11.8 Å². The molecule has 1 atom stereocenters. The van der Waals surface area contributed by atoms with Crippen molar-refractivity contribution in [2.75, 3.05) is 50.1 Å². The van der Waals surface area contributed by atoms with Gasteiger partial charge in [-0.1, -0.05) is 35.9 Å². The van der Waals surface area contributed by atoms with E-state index in [-0.39, 0.29) is 41.3 Å². The highest BCUT2D eigenvalue weighted by molar-refractivity contribution is 6.36. The molecular formula is C43H51ClN8O5. The number of aromatic nitrogens is 4. The van der Waals surface area contributed by atoms with Gasteiger partial charge in [0, 0.05) is 69.2 Å². The Labute approximate surface area is 337 Å². The molecule has 2 amide bonds. The number of methoxy groups -OCH3 is 1. The smallest absolute Gasteiger partial charge is 0.311 e. The highest BCUT2D eigenvalue weighted by atomic mass is 35.5. The normalized spacial score (nSPS) is 23.6. The lowest BCUT2D eigenvalue weighted by Crippen LogP contribution is -2.34. The standard InChI is InChI=1S/C43H51ClN8O5/c1-49-35-12-20-50(22-17-42-13-15-43(26-42,16-14-42)41(56)57-2)25-33(35)46-38(49)39(54)47-31-8-3-7-29(37(31)44)27-6-4-10-34-28(27)11-21-51(34)40(55)32-24-36-30(45-18-23-53)9-5-19-52(36)48-32/h3-4,6-8,10,24,30,45,53H,5,9,11-23,25-26H2,1-2H3,(H,47,54). The fraction of sp³-hybridized carbons (Fsp3) is 0.512. The van der Waals surface area contributed by atoms with Crippen molar-refractivity contribution in [2.24, 2.45) is 17.9 Å². The molecule has 0 spiro atoms. The van der Waals surface area contributed by atoms with Crippen LogP contribution in [0.2, 0.25) is 5.02 Å². The van der Waals surface area contributed by atoms with Crippen LogP contribution in [0.25, 0.3) is 11.1 Å². The molecule has 4 aromatic rings. The van der Waals surface area contributed by atoms with E-state index in [2.05, 4.69) is 15.5 Å². The number of aliphatic hydroxyl groups is 1. The van der Waals surface area contributed by atoms with Gasteiger partial charge in [-0.15, -0.1) is 0 Å². The van der Waals surface area contributed by atoms with E-state index in [4.69, 9.17) is 26.4 Å². The van der Waals surface area contributed by atoms with Crippen molar-refractivity contribution < 1.29 is 24.2 Å². The number of ether oxygens (including phenoxy) is 1. The van der Waals surface area contributed by atoms with Crippen molar-refractivity contribution in [1.82, 2.24) is 29.5 Å². The topological polar surface area (TPSA) is 147 Å². The molecule has 2 bridgehead atoms. The number of benzene rings is 2. The molecule has 5 aliphatic rings. The van der Waals surface area contributed by atoms with Gasteiger partial charge < -0.3 is 29.9 Å². The SMILES string of the molecule is COC(=O)C12CCC(CCN3CCc4c(nc(C(=O)Nc5cccc(-c6cccc7c6CCN7C(=O)c6cc7n(n6)CCCC7NCCO)c5Cl)n4C)C3)(CC1)C2. The van der Waals surface area contributed by atoms with Gasteiger partial charge in [-0.05, 0) is 99.1 Å². The van der Waals surface area contributed by atoms with Crippen LogP contribution in [0.1, 0.15) is 101 Å². The summed E-state index contributed by atoms with van der Waals surface area (Å²) in [5.74, 6) is -0.148. The summed E-state index contributed by atoms with van der Waals surface area (Å²) in [5, 5.41) is 20.9. The van der Waals surface area contributed by atoms with E-state index in [9.17, 15) is 19.5 Å². The van der Waals surface area contributed by atoms with Gasteiger partial charge in [0.2, 0.25) is 0 Å². The van der Waals surface area contributed by atoms with E-state index < -0.39 is 0 Å². The molecule has 0 saturated heterocycles. The second-order valence-corrected chi connectivity index (χ2v) is 17.2. The minimum atomic E-state index is -0.320. The molecule has 13 nitrogen and oxygen atoms in total. The van der Waals surface area contributed by atoms with Crippen molar-refractivity contribution in [1.29, 1.82) is 0 Å². The molecule has 0 radical (unpaired) electrons. The van der Waals surface area contributed by atoms with Crippen molar-refractivity contribution in [3.05, 3.63) is 81.7 Å². The molecule has 9 rings (SSSR count). The van der Waals surface area contributed by atoms with Crippen LogP contribution in [0.5, 0.6) is 0 Å². The van der Waals surface area contributed by atoms with Gasteiger partial charge in [0.1, 0.15) is 0 Å². The number of imidazole rings is 1. The summed E-state index contributed by atoms with van der Waals surface area (Å²) in [7, 11) is 3.41. The summed E-state index contributed by atoms with van der Waals surface area (Å²) in [5.41, 5.74) is 7.38. The van der Waals surface area contributed by atoms with E-state index in [0.717, 1.165) is 117 Å². The number of carbonyl (C=O) groups is 3. The van der Waals surface area contributed by atoms with E-state index >= 15 is 0 Å². The minimum Gasteiger partial charge on any atom is -0.469 e. The Morgan fingerprint density at radius 2 is 1.84 bits per heavy atom. The summed E-state index contributed by atoms with van der Waals surface area (Å²) in [4.78, 5) is 49.4. The third-order valence-corrected chi connectivity index (χ3v) is 14.1. The molecule has 57 heavy (non-hydrogen) atoms. The van der Waals surface area contributed by atoms with E-state index in [0.29, 0.717) is 48.3 Å². The Morgan fingerprint density at radius 3 is 2.65 bits per heavy atom. The molecule has 5 heterocycles. The average molecular weight is 795 g/mol. The molecule has 2 aromatic carbocycles. The number of halogens is 1. The van der Waals surface area contributed by atoms with E-state index in [1.165, 1.54) is 7.11 Å². The zero-order valence-corrected chi connectivity index (χ0v) is 33.5. The number of aliphatic hydroxyl groups excluding tert-OH is 1. The van der Waals surface area contributed by atoms with Crippen LogP contribution in [0.15, 0.2) is 42.5 Å². The maximum absolute atomic E-state index is 13.9. The number of nitrogens with one attached hydrogen (secondary N) is 2. The lowest BCUT2D eigenvalue weighted by Gasteiger charge is -2.32. The van der Waals surface area contributed by atoms with Crippen molar-refractivity contribution in [3.8, 4) is 11.1 Å². The lowest BCUT2D eigenvalue weighted by atomic mass is 9.80. The van der Waals surface area contributed by atoms with Gasteiger partial charge in [-0.3, -0.25) is 24.0 Å². The Balaban J connectivity index is 0.881. The van der Waals surface area contributed by atoms with Crippen molar-refractivity contribution >= 4 is 40.8 Å². The molecular weight excluding hydrogens is 744 g/mol. The van der Waals surface area contributed by atoms with Gasteiger partial charge in [0.05, 0.1) is 41.2 Å². The molecule has 3 N–H and O–H groups in total. The first-order chi connectivity index (χ1) is 27.6. The first-order valence-electron chi connectivity index (χ1n) is 20.4. The zero-order valence-electron chi connectivity index (χ0n) is 32.8. The second kappa shape index (κ2) is 15.0. The first kappa shape index (κ1) is 38.0. The van der Waals surface area contributed by atoms with Gasteiger partial charge >= 0.3 is 5.97 Å². The number of carbonyl (C=O) groups excluding carboxylic acids is 3. The third kappa shape index (κ3) is 6.66. The van der Waals surface area contributed by atoms with Crippen LogP contribution in [0.3, 0.4) is 0 Å². The fourth-order valence-electron chi connectivity index (χ4n) is 10.6. The molecule has 1 unspecified atom stereocenters. The summed E-state index contributed by atoms with van der Waals surface area (Å²) in [6, 6.07) is 13.5. The van der Waals surface area contributed by atoms with Gasteiger partial charge in [-0.2, -0.15) is 5.10 Å². The van der Waals surface area contributed by atoms with Crippen LogP contribution < -0.4 is 15.5 Å². The zero-order chi connectivity index (χ0) is 39.5. The molecule has 14 heteroatoms. The number of nitrogens with zero attached hydrogens (tertiary/aromatic N) is 6. The molecule has 2 aliphatic carbocycles. The summed E-state index contributed by atoms with van der Waals surface area (Å²) in [6.07, 6.45) is 9.39. The van der Waals surface area contributed by atoms with Crippen LogP contribution in [0, 0.1) is 10.8 Å². The fourth-order valence-corrected chi connectivity index (χ4v) is 10.9. The molecule has 2 fully saturated rings. The second-order valence-electron chi connectivity index (χ2n) is 16.8. The number of anilines is 2. The number of hydrogen-bond donors (Lipinski definition) is 3. The summed E-state index contributed by atoms with van der Waals surface area (Å²) >= 11 is 7.10. The number of hydrogen-bond acceptors (Lipinski definition) is 9. The number of amides is 2. The number of aryl methyl sites for hydroxylation is 1. The van der Waals surface area contributed by atoms with Crippen LogP contribution in [-0.2, 0) is 42.5 Å². The number of esters is 1. The molecule has 300 valence electrons. The average Bonchev–Trinajstić information content (AvgIpc) is 4.07. The van der Waals surface area contributed by atoms with Crippen LogP contribution in [0.4, 0.5) is 11.4 Å². The predicted octanol–water partition coefficient (Wildman–Crippen LogP) is 5.68. The highest BCUT2D eigenvalue weighted by Gasteiger charge is 2.58. The first-order valence-corrected chi connectivity index (χ1v) is 20.8. The Hall–Kier alpha value is -4.56. The number of rotatable bonds is 11. The molecule has 2 saturated carbocycles. The highest BCUT2D eigenvalue weighted by Crippen LogP contribution is 2.63. The summed E-state index contributed by atoms with van der Waals surface area (Å²) in [6.45, 7) is 4.36. The van der Waals surface area contributed by atoms with Crippen molar-refractivity contribution in [3.63, 3.8) is 0 Å². The maximum Gasteiger partial charge on any atom is 0.311 e. The Kier molecular flexibility index (Phi) is 9.99. The lowest BCUT2D eigenvalue weighted by molar-refractivity contribution is -0.152. The largest absolute Gasteiger partial charge is 0.469 e.